The Morgan fingerprint density at radius 3 is 2.02 bits per heavy atom. The Morgan fingerprint density at radius 1 is 0.905 bits per heavy atom. The van der Waals surface area contributed by atoms with E-state index in [0.29, 0.717) is 12.0 Å². The lowest BCUT2D eigenvalue weighted by Crippen LogP contribution is -2.63. The number of hydrogen-bond acceptors (Lipinski definition) is 11. The molecule has 0 spiro atoms. The van der Waals surface area contributed by atoms with Crippen LogP contribution >= 0.6 is 0 Å². The van der Waals surface area contributed by atoms with Gasteiger partial charge in [-0.25, -0.2) is 0 Å². The molecule has 1 aliphatic heterocycles. The van der Waals surface area contributed by atoms with Gasteiger partial charge in [0.2, 0.25) is 18.3 Å². The first-order valence-electron chi connectivity index (χ1n) is 13.5. The van der Waals surface area contributed by atoms with Crippen molar-refractivity contribution in [2.24, 2.45) is 0 Å². The minimum atomic E-state index is -1.42. The molecule has 0 bridgehead atoms. The van der Waals surface area contributed by atoms with Gasteiger partial charge in [-0.05, 0) is 24.5 Å². The van der Waals surface area contributed by atoms with E-state index >= 15 is 0 Å². The Bertz CT molecular complexity index is 1330. The second-order valence-electron chi connectivity index (χ2n) is 9.76. The summed E-state index contributed by atoms with van der Waals surface area (Å²) in [6.45, 7) is 8.36. The number of aromatic nitrogens is 2. The molecular formula is C30H36N2O10. The van der Waals surface area contributed by atoms with Gasteiger partial charge in [0.1, 0.15) is 19.3 Å². The summed E-state index contributed by atoms with van der Waals surface area (Å²) in [5.74, 6) is -0.128. The van der Waals surface area contributed by atoms with Gasteiger partial charge in [-0.3, -0.25) is 23.9 Å². The van der Waals surface area contributed by atoms with Crippen molar-refractivity contribution in [3.63, 3.8) is 0 Å². The fourth-order valence-electron chi connectivity index (χ4n) is 4.58. The predicted octanol–water partition coefficient (Wildman–Crippen LogP) is 2.44. The number of carbonyl (C=O) groups excluding carboxylic acids is 4. The third-order valence-electron chi connectivity index (χ3n) is 6.52. The van der Waals surface area contributed by atoms with Crippen molar-refractivity contribution in [3.8, 4) is 18.2 Å². The number of aryl methyl sites for hydroxylation is 1. The van der Waals surface area contributed by atoms with E-state index in [1.807, 2.05) is 31.2 Å². The predicted molar refractivity (Wildman–Crippen MR) is 147 cm³/mol. The first-order valence-corrected chi connectivity index (χ1v) is 13.5. The topological polar surface area (TPSA) is 141 Å². The average molecular weight is 585 g/mol. The Kier molecular flexibility index (Phi) is 11.1. The molecule has 1 saturated heterocycles. The second-order valence-corrected chi connectivity index (χ2v) is 9.76. The third-order valence-corrected chi connectivity index (χ3v) is 6.52. The van der Waals surface area contributed by atoms with Gasteiger partial charge in [-0.1, -0.05) is 37.1 Å². The second kappa shape index (κ2) is 14.5. The van der Waals surface area contributed by atoms with Crippen LogP contribution in [0.25, 0.3) is 0 Å². The molecular weight excluding hydrogens is 548 g/mol. The molecule has 12 nitrogen and oxygen atoms in total. The van der Waals surface area contributed by atoms with Crippen molar-refractivity contribution >= 4 is 23.9 Å². The monoisotopic (exact) mass is 584 g/mol. The van der Waals surface area contributed by atoms with E-state index < -0.39 is 54.6 Å². The van der Waals surface area contributed by atoms with Crippen molar-refractivity contribution in [2.75, 3.05) is 6.61 Å². The summed E-state index contributed by atoms with van der Waals surface area (Å²) in [5, 5.41) is 4.54. The number of ether oxygens (including phenoxy) is 6. The maximum Gasteiger partial charge on any atom is 0.303 e. The molecule has 1 aromatic heterocycles. The molecule has 1 aromatic carbocycles. The van der Waals surface area contributed by atoms with Crippen LogP contribution in [-0.2, 0) is 62.2 Å². The van der Waals surface area contributed by atoms with Gasteiger partial charge in [-0.2, -0.15) is 0 Å². The highest BCUT2D eigenvalue weighted by atomic mass is 16.7. The van der Waals surface area contributed by atoms with Gasteiger partial charge in [0.05, 0.1) is 0 Å². The van der Waals surface area contributed by atoms with Gasteiger partial charge >= 0.3 is 23.9 Å². The molecule has 12 heteroatoms. The minimum Gasteiger partial charge on any atom is -0.463 e. The van der Waals surface area contributed by atoms with Crippen LogP contribution < -0.4 is 4.74 Å². The van der Waals surface area contributed by atoms with E-state index in [9.17, 15) is 19.2 Å². The summed E-state index contributed by atoms with van der Waals surface area (Å²) in [6, 6.07) is 8.09. The van der Waals surface area contributed by atoms with Crippen LogP contribution in [0.2, 0.25) is 0 Å². The molecule has 5 atom stereocenters. The summed E-state index contributed by atoms with van der Waals surface area (Å²) in [5.41, 5.74) is 3.62. The Hall–Kier alpha value is -4.37. The largest absolute Gasteiger partial charge is 0.463 e. The highest BCUT2D eigenvalue weighted by Crippen LogP contribution is 2.33. The third kappa shape index (κ3) is 8.33. The standard InChI is InChI=1S/C30H36N2O10/c1-8-14-32-17(3)24(15-23-12-10-22(9-2)11-13-23)29(31-32)42-30-28(40-21(7)36)27(39-20(6)35)26(38-19(5)34)25(41-30)16-37-18(4)33/h1,10-13,25-28,30H,9,14-16H2,2-7H3/t25-,26-,27+,28-,30+/m1/s1. The molecule has 1 aliphatic rings. The van der Waals surface area contributed by atoms with Crippen LogP contribution in [0.3, 0.4) is 0 Å². The van der Waals surface area contributed by atoms with Gasteiger partial charge in [0.25, 0.3) is 0 Å². The van der Waals surface area contributed by atoms with E-state index in [2.05, 4.69) is 17.9 Å². The van der Waals surface area contributed by atoms with E-state index in [-0.39, 0.29) is 19.0 Å². The summed E-state index contributed by atoms with van der Waals surface area (Å²) in [6.07, 6.45) is 0.269. The van der Waals surface area contributed by atoms with E-state index in [0.717, 1.165) is 38.4 Å². The van der Waals surface area contributed by atoms with Crippen molar-refractivity contribution in [2.45, 2.75) is 91.6 Å². The molecule has 0 saturated carbocycles. The number of carbonyl (C=O) groups is 4. The Balaban J connectivity index is 2.07. The molecule has 42 heavy (non-hydrogen) atoms. The average Bonchev–Trinajstić information content (AvgIpc) is 3.19. The zero-order valence-corrected chi connectivity index (χ0v) is 24.6. The van der Waals surface area contributed by atoms with Crippen molar-refractivity contribution < 1.29 is 47.6 Å². The molecule has 2 heterocycles. The van der Waals surface area contributed by atoms with Crippen LogP contribution in [0, 0.1) is 19.3 Å². The molecule has 226 valence electrons. The number of rotatable bonds is 11. The first-order chi connectivity index (χ1) is 19.9. The minimum absolute atomic E-state index is 0.142. The smallest absolute Gasteiger partial charge is 0.303 e. The number of benzene rings is 1. The van der Waals surface area contributed by atoms with Gasteiger partial charge < -0.3 is 28.4 Å². The molecule has 0 N–H and O–H groups in total. The fourth-order valence-corrected chi connectivity index (χ4v) is 4.58. The Labute approximate surface area is 244 Å². The lowest BCUT2D eigenvalue weighted by molar-refractivity contribution is -0.289. The van der Waals surface area contributed by atoms with Crippen LogP contribution in [-0.4, -0.2) is 71.0 Å². The summed E-state index contributed by atoms with van der Waals surface area (Å²) in [4.78, 5) is 47.9. The molecule has 1 fully saturated rings. The van der Waals surface area contributed by atoms with E-state index in [1.54, 1.807) is 4.68 Å². The SMILES string of the molecule is C#CCn1nc(O[C@@H]2O[C@H](COC(C)=O)[C@@H](OC(C)=O)[C@H](OC(C)=O)[C@H]2OC(C)=O)c(Cc2ccc(CC)cc2)c1C. The number of terminal acetylenes is 1. The molecule has 0 amide bonds. The van der Waals surface area contributed by atoms with Crippen molar-refractivity contribution in [1.82, 2.24) is 9.78 Å². The molecule has 0 unspecified atom stereocenters. The zero-order valence-electron chi connectivity index (χ0n) is 24.6. The zero-order chi connectivity index (χ0) is 31.0. The number of nitrogens with zero attached hydrogens (tertiary/aromatic N) is 2. The maximum atomic E-state index is 12.2. The number of hydrogen-bond donors (Lipinski definition) is 0. The lowest BCUT2D eigenvalue weighted by atomic mass is 9.98. The molecule has 2 aromatic rings. The molecule has 0 radical (unpaired) electrons. The quantitative estimate of drug-likeness (QED) is 0.218. The van der Waals surface area contributed by atoms with Crippen molar-refractivity contribution in [1.29, 1.82) is 0 Å². The van der Waals surface area contributed by atoms with Crippen LogP contribution in [0.5, 0.6) is 5.88 Å². The van der Waals surface area contributed by atoms with Gasteiger partial charge in [-0.15, -0.1) is 11.5 Å². The molecule has 0 aliphatic carbocycles. The lowest BCUT2D eigenvalue weighted by Gasteiger charge is -2.43. The summed E-state index contributed by atoms with van der Waals surface area (Å²) >= 11 is 0. The normalized spacial score (nSPS) is 21.5. The highest BCUT2D eigenvalue weighted by molar-refractivity contribution is 5.68. The van der Waals surface area contributed by atoms with Crippen LogP contribution in [0.15, 0.2) is 24.3 Å². The fraction of sp³-hybridized carbons (Fsp3) is 0.500. The first kappa shape index (κ1) is 32.1. The number of esters is 4. The van der Waals surface area contributed by atoms with Crippen LogP contribution in [0.4, 0.5) is 0 Å². The highest BCUT2D eigenvalue weighted by Gasteiger charge is 2.53. The van der Waals surface area contributed by atoms with Crippen LogP contribution in [0.1, 0.15) is 57.0 Å². The van der Waals surface area contributed by atoms with E-state index in [1.165, 1.54) is 12.5 Å². The van der Waals surface area contributed by atoms with Crippen molar-refractivity contribution in [3.05, 3.63) is 46.6 Å². The molecule has 3 rings (SSSR count). The van der Waals surface area contributed by atoms with Gasteiger partial charge in [0, 0.05) is 45.4 Å². The Morgan fingerprint density at radius 2 is 1.48 bits per heavy atom. The van der Waals surface area contributed by atoms with Gasteiger partial charge in [0.15, 0.2) is 12.2 Å². The maximum absolute atomic E-state index is 12.2. The summed E-state index contributed by atoms with van der Waals surface area (Å²) in [7, 11) is 0. The summed E-state index contributed by atoms with van der Waals surface area (Å²) < 4.78 is 35.5. The van der Waals surface area contributed by atoms with E-state index in [4.69, 9.17) is 34.8 Å².